The molecule has 0 aromatic heterocycles. The van der Waals surface area contributed by atoms with E-state index in [9.17, 15) is 9.90 Å². The second-order valence-electron chi connectivity index (χ2n) is 5.17. The lowest BCUT2D eigenvalue weighted by atomic mass is 10.1. The molecule has 0 spiro atoms. The number of phenolic OH excluding ortho intramolecular Hbond substituents is 1. The minimum absolute atomic E-state index is 0.0273. The highest BCUT2D eigenvalue weighted by atomic mass is 16.3. The van der Waals surface area contributed by atoms with Crippen LogP contribution < -0.4 is 11.1 Å². The number of nitrogen functional groups attached to an aromatic ring is 1. The first-order valence-electron chi connectivity index (χ1n) is 6.99. The van der Waals surface area contributed by atoms with Gasteiger partial charge < -0.3 is 16.2 Å². The summed E-state index contributed by atoms with van der Waals surface area (Å²) in [4.78, 5) is 12.1. The first-order chi connectivity index (χ1) is 10.1. The lowest BCUT2D eigenvalue weighted by Gasteiger charge is -2.15. The van der Waals surface area contributed by atoms with E-state index in [4.69, 9.17) is 5.73 Å². The quantitative estimate of drug-likeness (QED) is 0.583. The van der Waals surface area contributed by atoms with Crippen molar-refractivity contribution in [3.05, 3.63) is 59.7 Å². The summed E-state index contributed by atoms with van der Waals surface area (Å²) < 4.78 is 0. The molecule has 110 valence electrons. The summed E-state index contributed by atoms with van der Waals surface area (Å²) >= 11 is 0. The maximum absolute atomic E-state index is 12.1. The highest BCUT2D eigenvalue weighted by Crippen LogP contribution is 2.18. The number of phenols is 1. The van der Waals surface area contributed by atoms with Crippen LogP contribution in [-0.4, -0.2) is 17.1 Å². The van der Waals surface area contributed by atoms with Gasteiger partial charge in [0.1, 0.15) is 5.75 Å². The summed E-state index contributed by atoms with van der Waals surface area (Å²) in [5, 5.41) is 12.3. The number of hydrogen-bond acceptors (Lipinski definition) is 3. The Bertz CT molecular complexity index is 611. The molecule has 1 unspecified atom stereocenters. The number of carbonyl (C=O) groups is 1. The van der Waals surface area contributed by atoms with E-state index in [0.717, 1.165) is 12.8 Å². The van der Waals surface area contributed by atoms with Crippen LogP contribution in [0, 0.1) is 0 Å². The molecule has 2 aromatic rings. The minimum Gasteiger partial charge on any atom is -0.508 e. The summed E-state index contributed by atoms with van der Waals surface area (Å²) in [5.41, 5.74) is 7.67. The minimum atomic E-state index is -0.260. The lowest BCUT2D eigenvalue weighted by Crippen LogP contribution is -2.33. The van der Waals surface area contributed by atoms with Crippen molar-refractivity contribution in [1.82, 2.24) is 5.32 Å². The predicted octanol–water partition coefficient (Wildman–Crippen LogP) is 2.73. The number of nitrogens with two attached hydrogens (primary N) is 1. The van der Waals surface area contributed by atoms with Crippen LogP contribution in [0.5, 0.6) is 5.75 Å². The van der Waals surface area contributed by atoms with Crippen LogP contribution in [-0.2, 0) is 6.42 Å². The van der Waals surface area contributed by atoms with E-state index in [2.05, 4.69) is 17.4 Å². The summed E-state index contributed by atoms with van der Waals surface area (Å²) in [7, 11) is 0. The third-order valence-corrected chi connectivity index (χ3v) is 3.37. The number of amides is 1. The van der Waals surface area contributed by atoms with Crippen LogP contribution in [0.2, 0.25) is 0 Å². The molecule has 21 heavy (non-hydrogen) atoms. The van der Waals surface area contributed by atoms with Crippen molar-refractivity contribution in [1.29, 1.82) is 0 Å². The normalized spacial score (nSPS) is 11.9. The van der Waals surface area contributed by atoms with E-state index < -0.39 is 0 Å². The molecule has 0 fully saturated rings. The number of aromatic hydroxyl groups is 1. The van der Waals surface area contributed by atoms with Crippen LogP contribution in [0.1, 0.15) is 29.3 Å². The van der Waals surface area contributed by atoms with E-state index in [1.165, 1.54) is 23.8 Å². The number of aryl methyl sites for hydroxylation is 1. The Hall–Kier alpha value is -2.49. The average molecular weight is 284 g/mol. The Morgan fingerprint density at radius 3 is 2.67 bits per heavy atom. The smallest absolute Gasteiger partial charge is 0.253 e. The number of nitrogens with one attached hydrogen (secondary N) is 1. The number of anilines is 1. The molecule has 0 aliphatic carbocycles. The molecule has 0 saturated carbocycles. The average Bonchev–Trinajstić information content (AvgIpc) is 2.48. The molecular weight excluding hydrogens is 264 g/mol. The van der Waals surface area contributed by atoms with Gasteiger partial charge in [0, 0.05) is 11.7 Å². The van der Waals surface area contributed by atoms with Crippen molar-refractivity contribution >= 4 is 11.6 Å². The number of rotatable bonds is 5. The van der Waals surface area contributed by atoms with Gasteiger partial charge in [-0.1, -0.05) is 30.3 Å². The van der Waals surface area contributed by atoms with Gasteiger partial charge in [-0.2, -0.15) is 0 Å². The second-order valence-corrected chi connectivity index (χ2v) is 5.17. The van der Waals surface area contributed by atoms with E-state index in [0.29, 0.717) is 11.3 Å². The van der Waals surface area contributed by atoms with Crippen molar-refractivity contribution in [3.8, 4) is 5.75 Å². The largest absolute Gasteiger partial charge is 0.508 e. The Kier molecular flexibility index (Phi) is 4.82. The highest BCUT2D eigenvalue weighted by Gasteiger charge is 2.13. The molecule has 4 N–H and O–H groups in total. The van der Waals surface area contributed by atoms with Crippen LogP contribution in [0.4, 0.5) is 5.69 Å². The molecule has 0 heterocycles. The number of carbonyl (C=O) groups excluding carboxylic acids is 1. The standard InChI is InChI=1S/C17H20N2O2/c1-12(7-8-13-5-3-2-4-6-13)19-17(21)15-11-14(20)9-10-16(15)18/h2-6,9-12,20H,7-8,18H2,1H3,(H,19,21). The van der Waals surface area contributed by atoms with Crippen molar-refractivity contribution in [2.45, 2.75) is 25.8 Å². The molecule has 2 aromatic carbocycles. The fourth-order valence-electron chi connectivity index (χ4n) is 2.14. The summed E-state index contributed by atoms with van der Waals surface area (Å²) in [6, 6.07) is 14.5. The molecule has 4 heteroatoms. The van der Waals surface area contributed by atoms with Crippen molar-refractivity contribution in [3.63, 3.8) is 0 Å². The molecule has 2 rings (SSSR count). The van der Waals surface area contributed by atoms with E-state index in [-0.39, 0.29) is 17.7 Å². The van der Waals surface area contributed by atoms with Gasteiger partial charge >= 0.3 is 0 Å². The Morgan fingerprint density at radius 2 is 1.95 bits per heavy atom. The molecule has 0 aliphatic rings. The van der Waals surface area contributed by atoms with Crippen molar-refractivity contribution in [2.75, 3.05) is 5.73 Å². The SMILES string of the molecule is CC(CCc1ccccc1)NC(=O)c1cc(O)ccc1N. The Balaban J connectivity index is 1.91. The molecule has 4 nitrogen and oxygen atoms in total. The molecule has 0 saturated heterocycles. The van der Waals surface area contributed by atoms with Gasteiger partial charge in [0.25, 0.3) is 5.91 Å². The second kappa shape index (κ2) is 6.79. The van der Waals surface area contributed by atoms with Gasteiger partial charge in [-0.25, -0.2) is 0 Å². The van der Waals surface area contributed by atoms with Crippen LogP contribution >= 0.6 is 0 Å². The highest BCUT2D eigenvalue weighted by molar-refractivity contribution is 5.99. The zero-order valence-corrected chi connectivity index (χ0v) is 12.0. The number of benzene rings is 2. The topological polar surface area (TPSA) is 75.3 Å². The lowest BCUT2D eigenvalue weighted by molar-refractivity contribution is 0.0939. The number of hydrogen-bond donors (Lipinski definition) is 3. The molecule has 0 radical (unpaired) electrons. The summed E-state index contributed by atoms with van der Waals surface area (Å²) in [6.45, 7) is 1.96. The van der Waals surface area contributed by atoms with E-state index in [1.54, 1.807) is 0 Å². The zero-order chi connectivity index (χ0) is 15.2. The molecule has 0 bridgehead atoms. The Labute approximate surface area is 124 Å². The fraction of sp³-hybridized carbons (Fsp3) is 0.235. The zero-order valence-electron chi connectivity index (χ0n) is 12.0. The first-order valence-corrected chi connectivity index (χ1v) is 6.99. The van der Waals surface area contributed by atoms with E-state index in [1.807, 2.05) is 25.1 Å². The molecule has 0 aliphatic heterocycles. The molecule has 1 amide bonds. The maximum Gasteiger partial charge on any atom is 0.253 e. The van der Waals surface area contributed by atoms with Crippen LogP contribution in [0.25, 0.3) is 0 Å². The van der Waals surface area contributed by atoms with Gasteiger partial charge in [-0.05, 0) is 43.5 Å². The van der Waals surface area contributed by atoms with Gasteiger partial charge in [-0.3, -0.25) is 4.79 Å². The Morgan fingerprint density at radius 1 is 1.24 bits per heavy atom. The van der Waals surface area contributed by atoms with Gasteiger partial charge in [0.2, 0.25) is 0 Å². The monoisotopic (exact) mass is 284 g/mol. The van der Waals surface area contributed by atoms with Crippen LogP contribution in [0.3, 0.4) is 0 Å². The van der Waals surface area contributed by atoms with Crippen molar-refractivity contribution in [2.24, 2.45) is 0 Å². The van der Waals surface area contributed by atoms with E-state index >= 15 is 0 Å². The summed E-state index contributed by atoms with van der Waals surface area (Å²) in [6.07, 6.45) is 1.74. The predicted molar refractivity (Wildman–Crippen MR) is 84.2 cm³/mol. The fourth-order valence-corrected chi connectivity index (χ4v) is 2.14. The molecule has 1 atom stereocenters. The van der Waals surface area contributed by atoms with Gasteiger partial charge in [0.05, 0.1) is 5.56 Å². The third-order valence-electron chi connectivity index (χ3n) is 3.37. The summed E-state index contributed by atoms with van der Waals surface area (Å²) in [5.74, 6) is -0.227. The molecular formula is C17H20N2O2. The maximum atomic E-state index is 12.1. The third kappa shape index (κ3) is 4.24. The van der Waals surface area contributed by atoms with Gasteiger partial charge in [-0.15, -0.1) is 0 Å². The van der Waals surface area contributed by atoms with Crippen LogP contribution in [0.15, 0.2) is 48.5 Å². The van der Waals surface area contributed by atoms with Crippen molar-refractivity contribution < 1.29 is 9.90 Å². The first kappa shape index (κ1) is 14.9. The van der Waals surface area contributed by atoms with Gasteiger partial charge in [0.15, 0.2) is 0 Å².